The average molecular weight is 345 g/mol. The van der Waals surface area contributed by atoms with Gasteiger partial charge in [-0.15, -0.1) is 0 Å². The molecule has 3 aromatic heterocycles. The van der Waals surface area contributed by atoms with Crippen LogP contribution in [-0.4, -0.2) is 24.9 Å². The van der Waals surface area contributed by atoms with Crippen LogP contribution in [0.15, 0.2) is 49.2 Å². The van der Waals surface area contributed by atoms with Gasteiger partial charge in [-0.05, 0) is 24.3 Å². The molecule has 3 aromatic rings. The minimum Gasteiger partial charge on any atom is -0.432 e. The molecule has 0 bridgehead atoms. The van der Waals surface area contributed by atoms with Crippen LogP contribution in [0, 0.1) is 10.1 Å². The molecule has 0 radical (unpaired) electrons. The molecule has 0 aliphatic heterocycles. The molecule has 0 amide bonds. The number of rotatable bonds is 5. The Morgan fingerprint density at radius 3 is 2.71 bits per heavy atom. The largest absolute Gasteiger partial charge is 0.432 e. The van der Waals surface area contributed by atoms with E-state index in [0.29, 0.717) is 11.4 Å². The SMILES string of the molecule is O=[N+]([O-])c1c(Nc2cccnc2Cl)ncnc1Oc1cccnc1. The molecule has 0 aliphatic carbocycles. The zero-order valence-electron chi connectivity index (χ0n) is 12.0. The molecule has 0 saturated carbocycles. The van der Waals surface area contributed by atoms with Crippen LogP contribution in [0.1, 0.15) is 0 Å². The highest BCUT2D eigenvalue weighted by molar-refractivity contribution is 6.32. The maximum absolute atomic E-state index is 11.4. The Labute approximate surface area is 140 Å². The highest BCUT2D eigenvalue weighted by atomic mass is 35.5. The van der Waals surface area contributed by atoms with E-state index in [1.54, 1.807) is 30.5 Å². The fraction of sp³-hybridized carbons (Fsp3) is 0. The number of aromatic nitrogens is 4. The molecule has 24 heavy (non-hydrogen) atoms. The number of nitro groups is 1. The molecule has 0 spiro atoms. The van der Waals surface area contributed by atoms with Gasteiger partial charge in [-0.3, -0.25) is 15.1 Å². The summed E-state index contributed by atoms with van der Waals surface area (Å²) >= 11 is 5.95. The van der Waals surface area contributed by atoms with Gasteiger partial charge in [0.05, 0.1) is 16.8 Å². The van der Waals surface area contributed by atoms with E-state index >= 15 is 0 Å². The Bertz CT molecular complexity index is 877. The Morgan fingerprint density at radius 2 is 2.00 bits per heavy atom. The molecule has 0 aromatic carbocycles. The predicted octanol–water partition coefficient (Wildman–Crippen LogP) is 3.36. The third kappa shape index (κ3) is 3.36. The Balaban J connectivity index is 1.99. The number of ether oxygens (including phenoxy) is 1. The maximum Gasteiger partial charge on any atom is 0.373 e. The highest BCUT2D eigenvalue weighted by Gasteiger charge is 2.25. The van der Waals surface area contributed by atoms with E-state index in [1.807, 2.05) is 0 Å². The molecule has 0 atom stereocenters. The summed E-state index contributed by atoms with van der Waals surface area (Å²) < 4.78 is 5.44. The van der Waals surface area contributed by atoms with Gasteiger partial charge in [-0.2, -0.15) is 4.98 Å². The van der Waals surface area contributed by atoms with Crippen molar-refractivity contribution in [2.24, 2.45) is 0 Å². The summed E-state index contributed by atoms with van der Waals surface area (Å²) in [6.45, 7) is 0. The van der Waals surface area contributed by atoms with Crippen molar-refractivity contribution in [2.45, 2.75) is 0 Å². The lowest BCUT2D eigenvalue weighted by Gasteiger charge is -2.09. The molecule has 3 heterocycles. The molecule has 0 saturated heterocycles. The van der Waals surface area contributed by atoms with Crippen molar-refractivity contribution < 1.29 is 9.66 Å². The summed E-state index contributed by atoms with van der Waals surface area (Å²) in [6.07, 6.45) is 5.61. The number of pyridine rings is 2. The summed E-state index contributed by atoms with van der Waals surface area (Å²) in [6, 6.07) is 6.48. The quantitative estimate of drug-likeness (QED) is 0.425. The standard InChI is InChI=1S/C14H9ClN6O3/c15-12-10(4-2-6-17-12)20-13-11(21(22)23)14(19-8-18-13)24-9-3-1-5-16-7-9/h1-8H,(H,18,19,20). The van der Waals surface area contributed by atoms with Gasteiger partial charge < -0.3 is 10.1 Å². The van der Waals surface area contributed by atoms with Gasteiger partial charge in [0.1, 0.15) is 12.1 Å². The minimum absolute atomic E-state index is 0.0659. The van der Waals surface area contributed by atoms with E-state index in [-0.39, 0.29) is 16.9 Å². The zero-order valence-corrected chi connectivity index (χ0v) is 12.7. The second-order valence-electron chi connectivity index (χ2n) is 4.39. The highest BCUT2D eigenvalue weighted by Crippen LogP contribution is 2.35. The number of anilines is 2. The first-order chi connectivity index (χ1) is 11.6. The second kappa shape index (κ2) is 6.84. The van der Waals surface area contributed by atoms with Crippen molar-refractivity contribution in [3.63, 3.8) is 0 Å². The maximum atomic E-state index is 11.4. The third-order valence-corrected chi connectivity index (χ3v) is 3.13. The van der Waals surface area contributed by atoms with Crippen molar-refractivity contribution in [1.29, 1.82) is 0 Å². The molecule has 0 fully saturated rings. The fourth-order valence-corrected chi connectivity index (χ4v) is 1.99. The van der Waals surface area contributed by atoms with Gasteiger partial charge in [0.15, 0.2) is 5.15 Å². The monoisotopic (exact) mass is 344 g/mol. The molecule has 120 valence electrons. The predicted molar refractivity (Wildman–Crippen MR) is 85.5 cm³/mol. The van der Waals surface area contributed by atoms with E-state index in [9.17, 15) is 10.1 Å². The van der Waals surface area contributed by atoms with Gasteiger partial charge in [0.25, 0.3) is 0 Å². The third-order valence-electron chi connectivity index (χ3n) is 2.83. The van der Waals surface area contributed by atoms with Crippen molar-refractivity contribution >= 4 is 28.8 Å². The second-order valence-corrected chi connectivity index (χ2v) is 4.75. The number of hydrogen-bond acceptors (Lipinski definition) is 8. The van der Waals surface area contributed by atoms with Crippen LogP contribution in [0.5, 0.6) is 11.6 Å². The summed E-state index contributed by atoms with van der Waals surface area (Å²) in [5.41, 5.74) is -0.0606. The average Bonchev–Trinajstić information content (AvgIpc) is 2.58. The van der Waals surface area contributed by atoms with E-state index in [4.69, 9.17) is 16.3 Å². The van der Waals surface area contributed by atoms with Crippen molar-refractivity contribution in [2.75, 3.05) is 5.32 Å². The molecule has 0 aliphatic rings. The minimum atomic E-state index is -0.641. The van der Waals surface area contributed by atoms with Crippen LogP contribution < -0.4 is 10.1 Å². The Kier molecular flexibility index (Phi) is 4.43. The lowest BCUT2D eigenvalue weighted by Crippen LogP contribution is -2.04. The van der Waals surface area contributed by atoms with Crippen LogP contribution in [0.4, 0.5) is 17.2 Å². The van der Waals surface area contributed by atoms with E-state index < -0.39 is 10.6 Å². The molecular formula is C14H9ClN6O3. The summed E-state index contributed by atoms with van der Waals surface area (Å²) in [5.74, 6) is 0.0268. The van der Waals surface area contributed by atoms with E-state index in [0.717, 1.165) is 6.33 Å². The van der Waals surface area contributed by atoms with Crippen molar-refractivity contribution in [1.82, 2.24) is 19.9 Å². The van der Waals surface area contributed by atoms with E-state index in [2.05, 4.69) is 25.3 Å². The first-order valence-electron chi connectivity index (χ1n) is 6.60. The number of nitrogens with one attached hydrogen (secondary N) is 1. The lowest BCUT2D eigenvalue weighted by molar-refractivity contribution is -0.385. The molecule has 9 nitrogen and oxygen atoms in total. The number of hydrogen-bond donors (Lipinski definition) is 1. The van der Waals surface area contributed by atoms with Gasteiger partial charge in [-0.1, -0.05) is 11.6 Å². The lowest BCUT2D eigenvalue weighted by atomic mass is 10.4. The first-order valence-corrected chi connectivity index (χ1v) is 6.98. The smallest absolute Gasteiger partial charge is 0.373 e. The molecule has 0 unspecified atom stereocenters. The molecule has 3 rings (SSSR count). The normalized spacial score (nSPS) is 10.2. The molecule has 1 N–H and O–H groups in total. The summed E-state index contributed by atoms with van der Waals surface area (Å²) in [4.78, 5) is 26.3. The van der Waals surface area contributed by atoms with Gasteiger partial charge >= 0.3 is 11.6 Å². The van der Waals surface area contributed by atoms with Crippen LogP contribution in [0.2, 0.25) is 5.15 Å². The van der Waals surface area contributed by atoms with E-state index in [1.165, 1.54) is 12.4 Å². The number of nitrogens with zero attached hydrogens (tertiary/aromatic N) is 5. The zero-order chi connectivity index (χ0) is 16.9. The topological polar surface area (TPSA) is 116 Å². The summed E-state index contributed by atoms with van der Waals surface area (Å²) in [5, 5.41) is 14.4. The number of halogens is 1. The molecule has 10 heteroatoms. The fourth-order valence-electron chi connectivity index (χ4n) is 1.82. The van der Waals surface area contributed by atoms with Gasteiger partial charge in [0, 0.05) is 12.4 Å². The van der Waals surface area contributed by atoms with Crippen LogP contribution in [-0.2, 0) is 0 Å². The summed E-state index contributed by atoms with van der Waals surface area (Å²) in [7, 11) is 0. The van der Waals surface area contributed by atoms with Crippen molar-refractivity contribution in [3.8, 4) is 11.6 Å². The Hall–Kier alpha value is -3.33. The van der Waals surface area contributed by atoms with Gasteiger partial charge in [-0.25, -0.2) is 9.97 Å². The van der Waals surface area contributed by atoms with Crippen molar-refractivity contribution in [3.05, 3.63) is 64.5 Å². The van der Waals surface area contributed by atoms with Crippen LogP contribution in [0.3, 0.4) is 0 Å². The van der Waals surface area contributed by atoms with Crippen LogP contribution in [0.25, 0.3) is 0 Å². The Morgan fingerprint density at radius 1 is 1.17 bits per heavy atom. The van der Waals surface area contributed by atoms with Gasteiger partial charge in [0.2, 0.25) is 5.82 Å². The molecular weight excluding hydrogens is 336 g/mol. The van der Waals surface area contributed by atoms with Crippen LogP contribution >= 0.6 is 11.6 Å². The first kappa shape index (κ1) is 15.6.